The second-order valence-corrected chi connectivity index (χ2v) is 3.90. The van der Waals surface area contributed by atoms with Gasteiger partial charge in [-0.2, -0.15) is 0 Å². The lowest BCUT2D eigenvalue weighted by molar-refractivity contribution is 0.314. The van der Waals surface area contributed by atoms with Gasteiger partial charge in [0.05, 0.1) is 0 Å². The Bertz CT molecular complexity index is 792. The fourth-order valence-electron chi connectivity index (χ4n) is 1.72. The summed E-state index contributed by atoms with van der Waals surface area (Å²) in [6, 6.07) is 3.02. The molecule has 0 saturated carbocycles. The molecule has 0 aliphatic rings. The summed E-state index contributed by atoms with van der Waals surface area (Å²) in [5, 5.41) is 6.91. The predicted molar refractivity (Wildman–Crippen MR) is 59.4 cm³/mol. The molecule has 19 heavy (non-hydrogen) atoms. The van der Waals surface area contributed by atoms with Crippen molar-refractivity contribution in [1.82, 2.24) is 20.3 Å². The molecule has 0 spiro atoms. The van der Waals surface area contributed by atoms with E-state index in [0.29, 0.717) is 5.56 Å². The second-order valence-electron chi connectivity index (χ2n) is 3.90. The monoisotopic (exact) mass is 264 g/mol. The summed E-state index contributed by atoms with van der Waals surface area (Å²) in [7, 11) is 0. The number of hydrogen-bond acceptors (Lipinski definition) is 5. The van der Waals surface area contributed by atoms with Gasteiger partial charge < -0.3 is 0 Å². The minimum absolute atomic E-state index is 0.0210. The third kappa shape index (κ3) is 2.19. The van der Waals surface area contributed by atoms with Crippen LogP contribution in [0.5, 0.6) is 0 Å². The van der Waals surface area contributed by atoms with E-state index in [1.54, 1.807) is 0 Å². The lowest BCUT2D eigenvalue weighted by Crippen LogP contribution is -2.15. The van der Waals surface area contributed by atoms with Crippen LogP contribution in [0.15, 0.2) is 27.6 Å². The van der Waals surface area contributed by atoms with Gasteiger partial charge in [-0.1, -0.05) is 0 Å². The van der Waals surface area contributed by atoms with Crippen LogP contribution < -0.4 is 5.56 Å². The molecule has 0 saturated heterocycles. The molecule has 3 rings (SSSR count). The molecule has 2 aromatic heterocycles. The highest BCUT2D eigenvalue weighted by molar-refractivity contribution is 5.62. The largest absolute Gasteiger partial charge is 0.299 e. The van der Waals surface area contributed by atoms with Crippen LogP contribution in [-0.2, 0) is 6.42 Å². The van der Waals surface area contributed by atoms with Crippen LogP contribution in [0, 0.1) is 11.6 Å². The molecule has 1 aromatic carbocycles. The Labute approximate surface area is 104 Å². The van der Waals surface area contributed by atoms with E-state index in [4.69, 9.17) is 0 Å². The van der Waals surface area contributed by atoms with E-state index < -0.39 is 17.2 Å². The minimum atomic E-state index is -0.712. The van der Waals surface area contributed by atoms with E-state index in [1.165, 1.54) is 0 Å². The number of rotatable bonds is 2. The van der Waals surface area contributed by atoms with Crippen molar-refractivity contribution >= 4 is 11.3 Å². The van der Waals surface area contributed by atoms with Crippen LogP contribution in [0.2, 0.25) is 0 Å². The number of hydrogen-bond donors (Lipinski definition) is 1. The van der Waals surface area contributed by atoms with E-state index in [0.717, 1.165) is 18.2 Å². The maximum absolute atomic E-state index is 13.1. The first-order valence-electron chi connectivity index (χ1n) is 5.28. The lowest BCUT2D eigenvalue weighted by Gasteiger charge is -2.01. The van der Waals surface area contributed by atoms with Gasteiger partial charge in [0.25, 0.3) is 5.56 Å². The number of aromatic nitrogens is 4. The summed E-state index contributed by atoms with van der Waals surface area (Å²) in [6.07, 6.45) is -0.0210. The maximum Gasteiger partial charge on any atom is 0.271 e. The molecule has 0 aliphatic heterocycles. The van der Waals surface area contributed by atoms with Crippen molar-refractivity contribution in [3.63, 3.8) is 0 Å². The van der Waals surface area contributed by atoms with Crippen LogP contribution in [-0.4, -0.2) is 20.3 Å². The summed E-state index contributed by atoms with van der Waals surface area (Å²) in [6.45, 7) is 0. The molecule has 0 atom stereocenters. The van der Waals surface area contributed by atoms with E-state index in [1.807, 2.05) is 0 Å². The highest BCUT2D eigenvalue weighted by atomic mass is 19.1. The number of aromatic amines is 1. The van der Waals surface area contributed by atoms with Crippen LogP contribution in [0.25, 0.3) is 11.3 Å². The summed E-state index contributed by atoms with van der Waals surface area (Å²) < 4.78 is 30.5. The average molecular weight is 264 g/mol. The Kier molecular flexibility index (Phi) is 2.55. The zero-order valence-corrected chi connectivity index (χ0v) is 9.35. The molecular weight excluding hydrogens is 258 g/mol. The van der Waals surface area contributed by atoms with Gasteiger partial charge in [-0.3, -0.25) is 9.78 Å². The Morgan fingerprint density at radius 2 is 1.89 bits per heavy atom. The Morgan fingerprint density at radius 3 is 2.63 bits per heavy atom. The third-order valence-electron chi connectivity index (χ3n) is 2.50. The molecule has 1 N–H and O–H groups in total. The number of nitrogens with one attached hydrogen (secondary N) is 1. The summed E-state index contributed by atoms with van der Waals surface area (Å²) >= 11 is 0. The Hall–Kier alpha value is -2.64. The Morgan fingerprint density at radius 1 is 1.16 bits per heavy atom. The number of fused-ring (bicyclic) bond motifs is 1. The molecule has 96 valence electrons. The SMILES string of the molecule is O=c1[nH]c2nonc2nc1Cc1cc(F)cc(F)c1. The van der Waals surface area contributed by atoms with Gasteiger partial charge in [-0.15, -0.1) is 0 Å². The molecule has 0 bridgehead atoms. The number of benzene rings is 1. The zero-order valence-electron chi connectivity index (χ0n) is 9.35. The molecule has 0 radical (unpaired) electrons. The summed E-state index contributed by atoms with van der Waals surface area (Å²) in [5.74, 6) is -1.42. The quantitative estimate of drug-likeness (QED) is 0.751. The predicted octanol–water partition coefficient (Wildman–Crippen LogP) is 1.18. The number of halogens is 2. The van der Waals surface area contributed by atoms with Gasteiger partial charge in [-0.25, -0.2) is 18.4 Å². The van der Waals surface area contributed by atoms with Crippen LogP contribution in [0.4, 0.5) is 8.78 Å². The van der Waals surface area contributed by atoms with Crippen LogP contribution >= 0.6 is 0 Å². The fraction of sp³-hybridized carbons (Fsp3) is 0.0909. The average Bonchev–Trinajstić information content (AvgIpc) is 2.75. The second kappa shape index (κ2) is 4.23. The van der Waals surface area contributed by atoms with Crippen molar-refractivity contribution in [3.05, 3.63) is 51.4 Å². The summed E-state index contributed by atoms with van der Waals surface area (Å²) in [4.78, 5) is 18.0. The van der Waals surface area contributed by atoms with Gasteiger partial charge in [0.15, 0.2) is 0 Å². The standard InChI is InChI=1S/C11H6F2N4O2/c12-6-1-5(2-7(13)4-6)3-8-11(18)15-10-9(14-8)16-19-17-10/h1-2,4H,3H2,(H,15,17,18). The normalized spacial score (nSPS) is 11.1. The molecule has 2 heterocycles. The molecule has 3 aromatic rings. The smallest absolute Gasteiger partial charge is 0.271 e. The van der Waals surface area contributed by atoms with Gasteiger partial charge >= 0.3 is 0 Å². The van der Waals surface area contributed by atoms with E-state index >= 15 is 0 Å². The lowest BCUT2D eigenvalue weighted by atomic mass is 10.1. The highest BCUT2D eigenvalue weighted by Gasteiger charge is 2.10. The zero-order chi connectivity index (χ0) is 13.4. The van der Waals surface area contributed by atoms with Crippen molar-refractivity contribution in [2.24, 2.45) is 0 Å². The molecule has 0 fully saturated rings. The third-order valence-corrected chi connectivity index (χ3v) is 2.50. The van der Waals surface area contributed by atoms with Crippen molar-refractivity contribution in [3.8, 4) is 0 Å². The number of nitrogens with zero attached hydrogens (tertiary/aromatic N) is 3. The highest BCUT2D eigenvalue weighted by Crippen LogP contribution is 2.11. The molecule has 0 unspecified atom stereocenters. The molecule has 6 nitrogen and oxygen atoms in total. The van der Waals surface area contributed by atoms with Gasteiger partial charge in [-0.05, 0) is 28.0 Å². The number of H-pyrrole nitrogens is 1. The van der Waals surface area contributed by atoms with Crippen LogP contribution in [0.3, 0.4) is 0 Å². The first-order chi connectivity index (χ1) is 9.11. The molecule has 0 amide bonds. The topological polar surface area (TPSA) is 84.7 Å². The van der Waals surface area contributed by atoms with Gasteiger partial charge in [0, 0.05) is 12.5 Å². The van der Waals surface area contributed by atoms with E-state index in [9.17, 15) is 13.6 Å². The summed E-state index contributed by atoms with van der Waals surface area (Å²) in [5.41, 5.74) is 0.123. The van der Waals surface area contributed by atoms with Crippen molar-refractivity contribution in [2.45, 2.75) is 6.42 Å². The minimum Gasteiger partial charge on any atom is -0.299 e. The molecular formula is C11H6F2N4O2. The van der Waals surface area contributed by atoms with Crippen molar-refractivity contribution < 1.29 is 13.4 Å². The Balaban J connectivity index is 2.04. The first kappa shape index (κ1) is 11.5. The van der Waals surface area contributed by atoms with Crippen LogP contribution in [0.1, 0.15) is 11.3 Å². The van der Waals surface area contributed by atoms with Crippen molar-refractivity contribution in [1.29, 1.82) is 0 Å². The fourth-order valence-corrected chi connectivity index (χ4v) is 1.72. The first-order valence-corrected chi connectivity index (χ1v) is 5.28. The van der Waals surface area contributed by atoms with Gasteiger partial charge in [0.1, 0.15) is 17.3 Å². The maximum atomic E-state index is 13.1. The molecule has 8 heteroatoms. The van der Waals surface area contributed by atoms with Crippen molar-refractivity contribution in [2.75, 3.05) is 0 Å². The van der Waals surface area contributed by atoms with E-state index in [-0.39, 0.29) is 23.4 Å². The molecule has 0 aliphatic carbocycles. The van der Waals surface area contributed by atoms with Gasteiger partial charge in [0.2, 0.25) is 11.3 Å². The van der Waals surface area contributed by atoms with E-state index in [2.05, 4.69) is 24.9 Å².